The van der Waals surface area contributed by atoms with E-state index in [4.69, 9.17) is 4.98 Å². The number of rotatable bonds is 2. The molecule has 3 aromatic rings. The van der Waals surface area contributed by atoms with Crippen molar-refractivity contribution >= 4 is 29.3 Å². The quantitative estimate of drug-likeness (QED) is 0.657. The molecule has 4 heterocycles. The third-order valence-corrected chi connectivity index (χ3v) is 5.88. The van der Waals surface area contributed by atoms with Crippen LogP contribution in [0.15, 0.2) is 55.0 Å². The van der Waals surface area contributed by atoms with Gasteiger partial charge in [-0.3, -0.25) is 19.5 Å². The lowest BCUT2D eigenvalue weighted by Crippen LogP contribution is -2.49. The van der Waals surface area contributed by atoms with Crippen LogP contribution in [0.25, 0.3) is 0 Å². The topological polar surface area (TPSA) is 82.5 Å². The first kappa shape index (κ1) is 18.2. The molecule has 8 nitrogen and oxygen atoms in total. The molecule has 0 saturated carbocycles. The van der Waals surface area contributed by atoms with Crippen molar-refractivity contribution in [2.75, 3.05) is 28.8 Å². The predicted octanol–water partition coefficient (Wildman–Crippen LogP) is 2.42. The van der Waals surface area contributed by atoms with Crippen LogP contribution in [0.5, 0.6) is 0 Å². The van der Waals surface area contributed by atoms with Gasteiger partial charge >= 0.3 is 0 Å². The Morgan fingerprint density at radius 3 is 2.57 bits per heavy atom. The molecule has 30 heavy (non-hydrogen) atoms. The smallest absolute Gasteiger partial charge is 0.261 e. The maximum Gasteiger partial charge on any atom is 0.261 e. The fraction of sp³-hybridized carbons (Fsp3) is 0.227. The van der Waals surface area contributed by atoms with E-state index in [1.807, 2.05) is 55.3 Å². The first-order valence-electron chi connectivity index (χ1n) is 9.69. The van der Waals surface area contributed by atoms with Crippen molar-refractivity contribution in [1.29, 1.82) is 0 Å². The highest BCUT2D eigenvalue weighted by molar-refractivity contribution is 6.11. The first-order valence-corrected chi connectivity index (χ1v) is 9.69. The minimum absolute atomic E-state index is 0.0285. The Morgan fingerprint density at radius 1 is 1.00 bits per heavy atom. The van der Waals surface area contributed by atoms with Crippen LogP contribution < -0.4 is 14.7 Å². The van der Waals surface area contributed by atoms with Crippen LogP contribution in [0.2, 0.25) is 0 Å². The van der Waals surface area contributed by atoms with Gasteiger partial charge in [-0.05, 0) is 30.2 Å². The molecule has 2 aliphatic rings. The van der Waals surface area contributed by atoms with E-state index in [2.05, 4.69) is 9.97 Å². The summed E-state index contributed by atoms with van der Waals surface area (Å²) in [6.45, 7) is 1.83. The fourth-order valence-corrected chi connectivity index (χ4v) is 4.11. The first-order chi connectivity index (χ1) is 14.5. The standard InChI is InChI=1S/C22H20N6O2/c1-13-20(29)27(3)17-12-24-22(25-19(17)26(13)2)28-18(14-7-6-10-23-11-14)15-8-4-5-9-16(15)21(28)30/h4-13,18H,1-3H3/t13-,18?/m1/s1. The minimum Gasteiger partial charge on any atom is -0.346 e. The number of amides is 2. The molecule has 2 atom stereocenters. The Labute approximate surface area is 173 Å². The van der Waals surface area contributed by atoms with Gasteiger partial charge in [-0.25, -0.2) is 4.98 Å². The number of anilines is 3. The van der Waals surface area contributed by atoms with Gasteiger partial charge in [-0.2, -0.15) is 4.98 Å². The summed E-state index contributed by atoms with van der Waals surface area (Å²) in [7, 11) is 3.54. The van der Waals surface area contributed by atoms with Crippen molar-refractivity contribution in [2.24, 2.45) is 0 Å². The van der Waals surface area contributed by atoms with Crippen molar-refractivity contribution in [3.8, 4) is 0 Å². The third-order valence-electron chi connectivity index (χ3n) is 5.88. The molecule has 0 bridgehead atoms. The Bertz CT molecular complexity index is 1170. The van der Waals surface area contributed by atoms with Gasteiger partial charge in [-0.15, -0.1) is 0 Å². The second-order valence-corrected chi connectivity index (χ2v) is 7.51. The zero-order chi connectivity index (χ0) is 21.0. The number of pyridine rings is 1. The highest BCUT2D eigenvalue weighted by Gasteiger charge is 2.41. The van der Waals surface area contributed by atoms with Crippen molar-refractivity contribution in [3.63, 3.8) is 0 Å². The minimum atomic E-state index is -0.369. The van der Waals surface area contributed by atoms with E-state index in [0.29, 0.717) is 23.0 Å². The van der Waals surface area contributed by atoms with Gasteiger partial charge < -0.3 is 9.80 Å². The normalized spacial score (nSPS) is 20.4. The molecule has 2 aliphatic heterocycles. The van der Waals surface area contributed by atoms with Crippen LogP contribution in [-0.2, 0) is 4.79 Å². The highest BCUT2D eigenvalue weighted by atomic mass is 16.2. The van der Waals surface area contributed by atoms with Crippen molar-refractivity contribution in [2.45, 2.75) is 19.0 Å². The van der Waals surface area contributed by atoms with Crippen LogP contribution in [0.1, 0.15) is 34.5 Å². The Kier molecular flexibility index (Phi) is 4.02. The summed E-state index contributed by atoms with van der Waals surface area (Å²) >= 11 is 0. The molecular weight excluding hydrogens is 380 g/mol. The van der Waals surface area contributed by atoms with Crippen LogP contribution in [-0.4, -0.2) is 46.9 Å². The van der Waals surface area contributed by atoms with Gasteiger partial charge in [0.1, 0.15) is 11.7 Å². The monoisotopic (exact) mass is 400 g/mol. The fourth-order valence-electron chi connectivity index (χ4n) is 4.11. The summed E-state index contributed by atoms with van der Waals surface area (Å²) in [6, 6.07) is 10.6. The van der Waals surface area contributed by atoms with Gasteiger partial charge in [0.2, 0.25) is 11.9 Å². The van der Waals surface area contributed by atoms with E-state index < -0.39 is 0 Å². The average Bonchev–Trinajstić information content (AvgIpc) is 3.09. The summed E-state index contributed by atoms with van der Waals surface area (Å²) < 4.78 is 0. The lowest BCUT2D eigenvalue weighted by molar-refractivity contribution is -0.119. The SMILES string of the molecule is C[C@@H]1C(=O)N(C)c2cnc(N3C(=O)c4ccccc4C3c3cccnc3)nc2N1C. The van der Waals surface area contributed by atoms with Crippen LogP contribution in [0.3, 0.4) is 0 Å². The number of hydrogen-bond donors (Lipinski definition) is 0. The Balaban J connectivity index is 1.67. The van der Waals surface area contributed by atoms with E-state index in [-0.39, 0.29) is 23.9 Å². The number of nitrogens with zero attached hydrogens (tertiary/aromatic N) is 6. The summed E-state index contributed by atoms with van der Waals surface area (Å²) in [6.07, 6.45) is 5.07. The van der Waals surface area contributed by atoms with E-state index >= 15 is 0 Å². The van der Waals surface area contributed by atoms with Gasteiger partial charge in [0.15, 0.2) is 5.82 Å². The molecule has 1 unspecified atom stereocenters. The number of carbonyl (C=O) groups is 2. The van der Waals surface area contributed by atoms with Gasteiger partial charge in [0.25, 0.3) is 5.91 Å². The molecule has 150 valence electrons. The summed E-state index contributed by atoms with van der Waals surface area (Å²) in [5, 5.41) is 0. The number of hydrogen-bond acceptors (Lipinski definition) is 6. The van der Waals surface area contributed by atoms with Crippen molar-refractivity contribution < 1.29 is 9.59 Å². The molecule has 0 fully saturated rings. The molecule has 1 aromatic carbocycles. The maximum absolute atomic E-state index is 13.4. The van der Waals surface area contributed by atoms with Crippen LogP contribution >= 0.6 is 0 Å². The zero-order valence-corrected chi connectivity index (χ0v) is 16.9. The second-order valence-electron chi connectivity index (χ2n) is 7.51. The molecule has 0 aliphatic carbocycles. The Hall–Kier alpha value is -3.81. The van der Waals surface area contributed by atoms with Crippen LogP contribution in [0, 0.1) is 0 Å². The maximum atomic E-state index is 13.4. The number of likely N-dealkylation sites (N-methyl/N-ethyl adjacent to an activating group) is 2. The third kappa shape index (κ3) is 2.50. The summed E-state index contributed by atoms with van der Waals surface area (Å²) in [4.78, 5) is 44.2. The van der Waals surface area contributed by atoms with Crippen molar-refractivity contribution in [1.82, 2.24) is 15.0 Å². The lowest BCUT2D eigenvalue weighted by atomic mass is 9.99. The molecule has 0 radical (unpaired) electrons. The summed E-state index contributed by atoms with van der Waals surface area (Å²) in [5.41, 5.74) is 3.02. The lowest BCUT2D eigenvalue weighted by Gasteiger charge is -2.37. The van der Waals surface area contributed by atoms with E-state index in [1.165, 1.54) is 0 Å². The number of aromatic nitrogens is 3. The van der Waals surface area contributed by atoms with Gasteiger partial charge in [-0.1, -0.05) is 24.3 Å². The molecule has 2 aromatic heterocycles. The highest BCUT2D eigenvalue weighted by Crippen LogP contribution is 2.41. The van der Waals surface area contributed by atoms with E-state index in [9.17, 15) is 9.59 Å². The van der Waals surface area contributed by atoms with Gasteiger partial charge in [0.05, 0.1) is 12.2 Å². The molecular formula is C22H20N6O2. The predicted molar refractivity (Wildman–Crippen MR) is 113 cm³/mol. The zero-order valence-electron chi connectivity index (χ0n) is 16.9. The molecule has 0 N–H and O–H groups in total. The number of benzene rings is 1. The Morgan fingerprint density at radius 2 is 1.80 bits per heavy atom. The average molecular weight is 400 g/mol. The van der Waals surface area contributed by atoms with Gasteiger partial charge in [0, 0.05) is 32.1 Å². The molecule has 0 saturated heterocycles. The molecule has 2 amide bonds. The second kappa shape index (κ2) is 6.62. The largest absolute Gasteiger partial charge is 0.346 e. The van der Waals surface area contributed by atoms with Crippen LogP contribution in [0.4, 0.5) is 17.5 Å². The molecule has 0 spiro atoms. The number of fused-ring (bicyclic) bond motifs is 2. The molecule has 5 rings (SSSR count). The summed E-state index contributed by atoms with van der Waals surface area (Å²) in [5.74, 6) is 0.725. The van der Waals surface area contributed by atoms with E-state index in [0.717, 1.165) is 11.1 Å². The number of carbonyl (C=O) groups excluding carboxylic acids is 2. The van der Waals surface area contributed by atoms with E-state index in [1.54, 1.807) is 35.4 Å². The van der Waals surface area contributed by atoms with Crippen molar-refractivity contribution in [3.05, 3.63) is 71.7 Å². The molecule has 8 heteroatoms.